The molecule has 2 atom stereocenters. The average molecular weight is 362 g/mol. The molecule has 1 aromatic rings. The maximum atomic E-state index is 13.7. The summed E-state index contributed by atoms with van der Waals surface area (Å²) in [7, 11) is 0. The molecule has 0 aliphatic carbocycles. The number of likely N-dealkylation sites (tertiary alicyclic amines) is 1. The zero-order valence-corrected chi connectivity index (χ0v) is 14.2. The van der Waals surface area contributed by atoms with Crippen LogP contribution in [-0.4, -0.2) is 57.5 Å². The molecule has 140 valence electrons. The van der Waals surface area contributed by atoms with E-state index in [1.165, 1.54) is 12.3 Å². The average Bonchev–Trinajstić information content (AvgIpc) is 3.03. The number of carbonyl (C=O) groups excluding carboxylic acids is 2. The maximum Gasteiger partial charge on any atom is 0.411 e. The molecular weight excluding hydrogens is 341 g/mol. The Hall–Kier alpha value is -2.26. The molecule has 1 aromatic heterocycles. The van der Waals surface area contributed by atoms with Crippen LogP contribution < -0.4 is 5.32 Å². The monoisotopic (exact) mass is 362 g/mol. The highest BCUT2D eigenvalue weighted by Gasteiger charge is 2.41. The lowest BCUT2D eigenvalue weighted by Crippen LogP contribution is -2.45. The molecule has 2 rings (SSSR count). The predicted octanol–water partition coefficient (Wildman–Crippen LogP) is 2.43. The summed E-state index contributed by atoms with van der Waals surface area (Å²) in [6.45, 7) is 4.15. The lowest BCUT2D eigenvalue weighted by molar-refractivity contribution is -0.120. The van der Waals surface area contributed by atoms with E-state index in [9.17, 15) is 22.8 Å². The van der Waals surface area contributed by atoms with Gasteiger partial charge in [0.05, 0.1) is 6.54 Å². The largest absolute Gasteiger partial charge is 0.444 e. The molecule has 1 aliphatic rings. The van der Waals surface area contributed by atoms with Crippen molar-refractivity contribution in [2.75, 3.05) is 11.9 Å². The molecule has 2 heterocycles. The summed E-state index contributed by atoms with van der Waals surface area (Å²) >= 11 is 0. The van der Waals surface area contributed by atoms with Gasteiger partial charge in [0.1, 0.15) is 24.4 Å². The summed E-state index contributed by atoms with van der Waals surface area (Å²) < 4.78 is 44.5. The van der Waals surface area contributed by atoms with Gasteiger partial charge in [0.15, 0.2) is 5.82 Å². The van der Waals surface area contributed by atoms with Crippen molar-refractivity contribution < 1.29 is 27.5 Å². The summed E-state index contributed by atoms with van der Waals surface area (Å²) in [5, 5.41) is 6.20. The number of ether oxygens (including phenoxy) is 1. The van der Waals surface area contributed by atoms with Crippen molar-refractivity contribution >= 4 is 17.8 Å². The van der Waals surface area contributed by atoms with Gasteiger partial charge in [0.2, 0.25) is 5.91 Å². The van der Waals surface area contributed by atoms with Gasteiger partial charge >= 0.3 is 6.09 Å². The van der Waals surface area contributed by atoms with Crippen molar-refractivity contribution in [3.8, 4) is 0 Å². The summed E-state index contributed by atoms with van der Waals surface area (Å²) in [5.74, 6) is -0.592. The molecule has 0 spiro atoms. The fourth-order valence-corrected chi connectivity index (χ4v) is 2.44. The molecule has 0 saturated carbocycles. The maximum absolute atomic E-state index is 13.7. The minimum absolute atomic E-state index is 0.0529. The molecule has 0 unspecified atom stereocenters. The highest BCUT2D eigenvalue weighted by Crippen LogP contribution is 2.24. The number of anilines is 1. The topological polar surface area (TPSA) is 76.5 Å². The number of aromatic nitrogens is 2. The van der Waals surface area contributed by atoms with E-state index in [1.54, 1.807) is 20.8 Å². The Balaban J connectivity index is 2.03. The summed E-state index contributed by atoms with van der Waals surface area (Å²) in [5.41, 5.74) is -0.777. The van der Waals surface area contributed by atoms with E-state index in [0.717, 1.165) is 9.58 Å². The summed E-state index contributed by atoms with van der Waals surface area (Å²) in [4.78, 5) is 25.5. The van der Waals surface area contributed by atoms with Crippen molar-refractivity contribution in [1.29, 1.82) is 0 Å². The molecule has 0 aromatic carbocycles. The number of hydrogen-bond donors (Lipinski definition) is 1. The molecule has 0 radical (unpaired) electrons. The number of halogens is 3. The standard InChI is InChI=1S/C15H21F3N4O3/c1-15(2,3)25-14(24)22-7-9(16)6-10(22)13(23)19-12-4-5-21(20-12)8-11(17)18/h4-5,9-11H,6-8H2,1-3H3,(H,19,20,23)/t9-,10+/m1/s1. The van der Waals surface area contributed by atoms with E-state index >= 15 is 0 Å². The molecule has 0 bridgehead atoms. The lowest BCUT2D eigenvalue weighted by Gasteiger charge is -2.27. The van der Waals surface area contributed by atoms with Crippen molar-refractivity contribution in [2.24, 2.45) is 0 Å². The van der Waals surface area contributed by atoms with Crippen LogP contribution in [0.25, 0.3) is 0 Å². The predicted molar refractivity (Wildman–Crippen MR) is 83.1 cm³/mol. The lowest BCUT2D eigenvalue weighted by atomic mass is 10.2. The number of carbonyl (C=O) groups is 2. The van der Waals surface area contributed by atoms with Crippen LogP contribution >= 0.6 is 0 Å². The smallest absolute Gasteiger partial charge is 0.411 e. The SMILES string of the molecule is CC(C)(C)OC(=O)N1C[C@H](F)C[C@H]1C(=O)Nc1ccn(CC(F)F)n1. The Labute approximate surface area is 143 Å². The number of nitrogens with zero attached hydrogens (tertiary/aromatic N) is 3. The first-order chi connectivity index (χ1) is 11.5. The molecule has 2 amide bonds. The number of alkyl halides is 3. The summed E-state index contributed by atoms with van der Waals surface area (Å²) in [6.07, 6.45) is -3.58. The molecule has 25 heavy (non-hydrogen) atoms. The van der Waals surface area contributed by atoms with Crippen molar-refractivity contribution in [1.82, 2.24) is 14.7 Å². The van der Waals surface area contributed by atoms with Gasteiger partial charge in [-0.3, -0.25) is 14.4 Å². The number of hydrogen-bond acceptors (Lipinski definition) is 4. The van der Waals surface area contributed by atoms with E-state index < -0.39 is 42.8 Å². The van der Waals surface area contributed by atoms with E-state index in [4.69, 9.17) is 4.74 Å². The molecular formula is C15H21F3N4O3. The number of amides is 2. The van der Waals surface area contributed by atoms with Crippen LogP contribution in [0, 0.1) is 0 Å². The second-order valence-electron chi connectivity index (χ2n) is 6.78. The summed E-state index contributed by atoms with van der Waals surface area (Å²) in [6, 6.07) is 0.296. The van der Waals surface area contributed by atoms with Gasteiger partial charge in [0.25, 0.3) is 6.43 Å². The third-order valence-electron chi connectivity index (χ3n) is 3.40. The highest BCUT2D eigenvalue weighted by atomic mass is 19.3. The molecule has 1 saturated heterocycles. The zero-order chi connectivity index (χ0) is 18.8. The molecule has 1 N–H and O–H groups in total. The molecule has 7 nitrogen and oxygen atoms in total. The van der Waals surface area contributed by atoms with E-state index in [-0.39, 0.29) is 18.8 Å². The van der Waals surface area contributed by atoms with E-state index in [2.05, 4.69) is 10.4 Å². The van der Waals surface area contributed by atoms with Crippen LogP contribution in [0.4, 0.5) is 23.8 Å². The quantitative estimate of drug-likeness (QED) is 0.893. The highest BCUT2D eigenvalue weighted by molar-refractivity contribution is 5.96. The Kier molecular flexibility index (Phi) is 5.58. The fraction of sp³-hybridized carbons (Fsp3) is 0.667. The Morgan fingerprint density at radius 2 is 2.12 bits per heavy atom. The molecule has 1 fully saturated rings. The van der Waals surface area contributed by atoms with Crippen LogP contribution in [0.15, 0.2) is 12.3 Å². The number of nitrogens with one attached hydrogen (secondary N) is 1. The van der Waals surface area contributed by atoms with Crippen LogP contribution in [0.2, 0.25) is 0 Å². The van der Waals surface area contributed by atoms with Crippen molar-refractivity contribution in [3.63, 3.8) is 0 Å². The molecule has 1 aliphatic heterocycles. The van der Waals surface area contributed by atoms with Gasteiger partial charge < -0.3 is 10.1 Å². The van der Waals surface area contributed by atoms with Crippen LogP contribution in [0.5, 0.6) is 0 Å². The van der Waals surface area contributed by atoms with Gasteiger partial charge in [0, 0.05) is 18.7 Å². The second-order valence-corrected chi connectivity index (χ2v) is 6.78. The zero-order valence-electron chi connectivity index (χ0n) is 14.2. The minimum Gasteiger partial charge on any atom is -0.444 e. The Morgan fingerprint density at radius 3 is 2.72 bits per heavy atom. The Bertz CT molecular complexity index is 630. The van der Waals surface area contributed by atoms with Gasteiger partial charge in [-0.05, 0) is 20.8 Å². The third-order valence-corrected chi connectivity index (χ3v) is 3.40. The molecule has 10 heteroatoms. The number of rotatable bonds is 4. The van der Waals surface area contributed by atoms with Crippen LogP contribution in [-0.2, 0) is 16.1 Å². The van der Waals surface area contributed by atoms with E-state index in [0.29, 0.717) is 0 Å². The van der Waals surface area contributed by atoms with Crippen LogP contribution in [0.3, 0.4) is 0 Å². The normalized spacial score (nSPS) is 20.8. The van der Waals surface area contributed by atoms with Crippen LogP contribution in [0.1, 0.15) is 27.2 Å². The first-order valence-corrected chi connectivity index (χ1v) is 7.81. The first kappa shape index (κ1) is 19.1. The first-order valence-electron chi connectivity index (χ1n) is 7.81. The third kappa shape index (κ3) is 5.36. The van der Waals surface area contributed by atoms with Gasteiger partial charge in [-0.2, -0.15) is 5.10 Å². The van der Waals surface area contributed by atoms with Crippen molar-refractivity contribution in [3.05, 3.63) is 12.3 Å². The van der Waals surface area contributed by atoms with E-state index in [1.807, 2.05) is 0 Å². The minimum atomic E-state index is -2.58. The fourth-order valence-electron chi connectivity index (χ4n) is 2.44. The van der Waals surface area contributed by atoms with Gasteiger partial charge in [-0.1, -0.05) is 0 Å². The second kappa shape index (κ2) is 7.32. The van der Waals surface area contributed by atoms with Gasteiger partial charge in [-0.15, -0.1) is 0 Å². The van der Waals surface area contributed by atoms with Crippen molar-refractivity contribution in [2.45, 2.75) is 58.0 Å². The Morgan fingerprint density at radius 1 is 1.44 bits per heavy atom. The van der Waals surface area contributed by atoms with Gasteiger partial charge in [-0.25, -0.2) is 18.0 Å².